The first-order valence-corrected chi connectivity index (χ1v) is 11.6. The molecule has 178 valence electrons. The number of amides is 1. The fraction of sp³-hybridized carbons (Fsp3) is 0.364. The van der Waals surface area contributed by atoms with Gasteiger partial charge in [-0.3, -0.25) is 14.4 Å². The van der Waals surface area contributed by atoms with Gasteiger partial charge in [-0.15, -0.1) is 11.3 Å². The number of fused-ring (bicyclic) bond motifs is 1. The minimum absolute atomic E-state index is 0.00716. The van der Waals surface area contributed by atoms with Gasteiger partial charge in [-0.1, -0.05) is 6.07 Å². The molecule has 4 aromatic rings. The lowest BCUT2D eigenvalue weighted by Gasteiger charge is -2.34. The predicted molar refractivity (Wildman–Crippen MR) is 120 cm³/mol. The van der Waals surface area contributed by atoms with Gasteiger partial charge in [-0.25, -0.2) is 9.50 Å². The first-order valence-electron chi connectivity index (χ1n) is 10.7. The van der Waals surface area contributed by atoms with Gasteiger partial charge in [0.05, 0.1) is 16.3 Å². The molecule has 34 heavy (non-hydrogen) atoms. The molecule has 0 radical (unpaired) electrons. The Morgan fingerprint density at radius 1 is 1.15 bits per heavy atom. The van der Waals surface area contributed by atoms with Crippen molar-refractivity contribution in [1.82, 2.24) is 34.2 Å². The summed E-state index contributed by atoms with van der Waals surface area (Å²) < 4.78 is 43.8. The van der Waals surface area contributed by atoms with Gasteiger partial charge in [0.1, 0.15) is 0 Å². The molecule has 1 amide bonds. The monoisotopic (exact) mass is 489 g/mol. The number of hydrogen-bond acceptors (Lipinski definition) is 6. The quantitative estimate of drug-likeness (QED) is 0.439. The van der Waals surface area contributed by atoms with E-state index in [0.717, 1.165) is 23.9 Å². The van der Waals surface area contributed by atoms with E-state index in [-0.39, 0.29) is 17.0 Å². The molecule has 8 nitrogen and oxygen atoms in total. The number of nitrogens with zero attached hydrogens (tertiary/aromatic N) is 7. The molecule has 5 heterocycles. The van der Waals surface area contributed by atoms with Crippen molar-refractivity contribution in [2.45, 2.75) is 19.6 Å². The second-order valence-electron chi connectivity index (χ2n) is 8.28. The highest BCUT2D eigenvalue weighted by Crippen LogP contribution is 2.33. The summed E-state index contributed by atoms with van der Waals surface area (Å²) in [6.45, 7) is 4.94. The van der Waals surface area contributed by atoms with Gasteiger partial charge in [0, 0.05) is 57.6 Å². The highest BCUT2D eigenvalue weighted by atomic mass is 32.1. The van der Waals surface area contributed by atoms with E-state index in [2.05, 4.69) is 20.1 Å². The topological polar surface area (TPSA) is 71.6 Å². The van der Waals surface area contributed by atoms with E-state index in [1.165, 1.54) is 17.4 Å². The lowest BCUT2D eigenvalue weighted by Crippen LogP contribution is -2.48. The average molecular weight is 490 g/mol. The third-order valence-corrected chi connectivity index (χ3v) is 6.77. The van der Waals surface area contributed by atoms with Gasteiger partial charge in [0.15, 0.2) is 17.0 Å². The Hall–Kier alpha value is -3.25. The van der Waals surface area contributed by atoms with Crippen molar-refractivity contribution >= 4 is 22.9 Å². The Morgan fingerprint density at radius 3 is 2.53 bits per heavy atom. The van der Waals surface area contributed by atoms with Crippen molar-refractivity contribution in [2.75, 3.05) is 26.2 Å². The summed E-state index contributed by atoms with van der Waals surface area (Å²) in [5.74, 6) is -0.395. The number of thiophene rings is 1. The molecule has 0 atom stereocenters. The number of alkyl halides is 3. The highest BCUT2D eigenvalue weighted by Gasteiger charge is 2.36. The molecule has 1 aliphatic rings. The molecule has 1 fully saturated rings. The van der Waals surface area contributed by atoms with Crippen LogP contribution in [0.2, 0.25) is 0 Å². The Labute approximate surface area is 197 Å². The molecule has 5 rings (SSSR count). The number of aryl methyl sites for hydroxylation is 2. The summed E-state index contributed by atoms with van der Waals surface area (Å²) in [4.78, 5) is 21.9. The third-order valence-electron chi connectivity index (χ3n) is 5.88. The number of halogens is 3. The first-order chi connectivity index (χ1) is 16.2. The van der Waals surface area contributed by atoms with Crippen LogP contribution >= 0.6 is 11.3 Å². The average Bonchev–Trinajstić information content (AvgIpc) is 3.52. The van der Waals surface area contributed by atoms with Crippen molar-refractivity contribution in [3.63, 3.8) is 0 Å². The zero-order valence-corrected chi connectivity index (χ0v) is 19.4. The number of hydrogen-bond donors (Lipinski definition) is 0. The second kappa shape index (κ2) is 8.51. The summed E-state index contributed by atoms with van der Waals surface area (Å²) in [7, 11) is 1.88. The predicted octanol–water partition coefficient (Wildman–Crippen LogP) is 3.48. The highest BCUT2D eigenvalue weighted by molar-refractivity contribution is 7.13. The van der Waals surface area contributed by atoms with Crippen LogP contribution in [0, 0.1) is 6.92 Å². The number of piperazine rings is 1. The molecule has 0 unspecified atom stereocenters. The summed E-state index contributed by atoms with van der Waals surface area (Å²) in [5, 5.41) is 10.1. The van der Waals surface area contributed by atoms with Crippen molar-refractivity contribution in [3.05, 3.63) is 58.5 Å². The molecule has 4 aromatic heterocycles. The molecule has 0 aromatic carbocycles. The molecule has 0 N–H and O–H groups in total. The Kier molecular flexibility index (Phi) is 5.64. The van der Waals surface area contributed by atoms with E-state index < -0.39 is 17.8 Å². The summed E-state index contributed by atoms with van der Waals surface area (Å²) in [6, 6.07) is 5.76. The Bertz CT molecular complexity index is 1330. The van der Waals surface area contributed by atoms with Crippen LogP contribution < -0.4 is 0 Å². The lowest BCUT2D eigenvalue weighted by atomic mass is 10.2. The van der Waals surface area contributed by atoms with Gasteiger partial charge >= 0.3 is 6.18 Å². The maximum Gasteiger partial charge on any atom is 0.433 e. The zero-order chi connectivity index (χ0) is 24.0. The molecule has 0 bridgehead atoms. The van der Waals surface area contributed by atoms with E-state index in [1.54, 1.807) is 27.1 Å². The molecule has 0 saturated carbocycles. The third kappa shape index (κ3) is 4.30. The maximum absolute atomic E-state index is 13.8. The van der Waals surface area contributed by atoms with Crippen LogP contribution in [0.25, 0.3) is 16.2 Å². The normalized spacial score (nSPS) is 15.4. The largest absolute Gasteiger partial charge is 0.433 e. The number of carbonyl (C=O) groups excluding carboxylic acids is 1. The molecule has 12 heteroatoms. The molecular weight excluding hydrogens is 467 g/mol. The molecule has 0 aliphatic carbocycles. The van der Waals surface area contributed by atoms with E-state index in [1.807, 2.05) is 20.2 Å². The van der Waals surface area contributed by atoms with Crippen LogP contribution in [0.3, 0.4) is 0 Å². The van der Waals surface area contributed by atoms with Crippen molar-refractivity contribution in [2.24, 2.45) is 7.05 Å². The van der Waals surface area contributed by atoms with Crippen LogP contribution in [0.15, 0.2) is 35.8 Å². The summed E-state index contributed by atoms with van der Waals surface area (Å²) >= 11 is 1.30. The standard InChI is InChI=1S/C22H22F3N7OS/c1-14-15(12-29(2)27-14)13-30-5-7-31(8-6-30)21(33)17-11-20-26-16(18-4-3-9-34-18)10-19(22(23,24)25)32(20)28-17/h3-4,9-12H,5-8,13H2,1-2H3. The minimum atomic E-state index is -4.64. The van der Waals surface area contributed by atoms with Crippen LogP contribution in [0.1, 0.15) is 27.4 Å². The van der Waals surface area contributed by atoms with Crippen LogP contribution in [-0.4, -0.2) is 66.3 Å². The van der Waals surface area contributed by atoms with Crippen molar-refractivity contribution in [1.29, 1.82) is 0 Å². The Morgan fingerprint density at radius 2 is 1.91 bits per heavy atom. The molecule has 0 spiro atoms. The minimum Gasteiger partial charge on any atom is -0.335 e. The fourth-order valence-corrected chi connectivity index (χ4v) is 4.83. The maximum atomic E-state index is 13.8. The zero-order valence-electron chi connectivity index (χ0n) is 18.6. The van der Waals surface area contributed by atoms with Gasteiger partial charge < -0.3 is 4.90 Å². The first kappa shape index (κ1) is 22.5. The molecule has 1 saturated heterocycles. The van der Waals surface area contributed by atoms with Gasteiger partial charge in [0.25, 0.3) is 5.91 Å². The van der Waals surface area contributed by atoms with Crippen LogP contribution in [0.4, 0.5) is 13.2 Å². The summed E-state index contributed by atoms with van der Waals surface area (Å²) in [6.07, 6.45) is -2.66. The fourth-order valence-electron chi connectivity index (χ4n) is 4.15. The van der Waals surface area contributed by atoms with E-state index in [9.17, 15) is 18.0 Å². The van der Waals surface area contributed by atoms with Crippen molar-refractivity contribution in [3.8, 4) is 10.6 Å². The van der Waals surface area contributed by atoms with Crippen molar-refractivity contribution < 1.29 is 18.0 Å². The number of rotatable bonds is 4. The smallest absolute Gasteiger partial charge is 0.335 e. The Balaban J connectivity index is 1.36. The molecule has 1 aliphatic heterocycles. The van der Waals surface area contributed by atoms with Crippen LogP contribution in [-0.2, 0) is 19.8 Å². The number of carbonyl (C=O) groups is 1. The van der Waals surface area contributed by atoms with Gasteiger partial charge in [-0.05, 0) is 24.4 Å². The SMILES string of the molecule is Cc1nn(C)cc1CN1CCN(C(=O)c2cc3nc(-c4cccs4)cc(C(F)(F)F)n3n2)CC1. The lowest BCUT2D eigenvalue weighted by molar-refractivity contribution is -0.142. The van der Waals surface area contributed by atoms with Gasteiger partial charge in [-0.2, -0.15) is 23.4 Å². The number of aromatic nitrogens is 5. The second-order valence-corrected chi connectivity index (χ2v) is 9.23. The van der Waals surface area contributed by atoms with E-state index >= 15 is 0 Å². The van der Waals surface area contributed by atoms with Crippen LogP contribution in [0.5, 0.6) is 0 Å². The van der Waals surface area contributed by atoms with E-state index in [4.69, 9.17) is 0 Å². The summed E-state index contributed by atoms with van der Waals surface area (Å²) in [5.41, 5.74) is 1.30. The molecular formula is C22H22F3N7OS. The van der Waals surface area contributed by atoms with Gasteiger partial charge in [0.2, 0.25) is 0 Å². The van der Waals surface area contributed by atoms with E-state index in [0.29, 0.717) is 35.6 Å².